The van der Waals surface area contributed by atoms with E-state index in [1.54, 1.807) is 13.3 Å². The van der Waals surface area contributed by atoms with Crippen molar-refractivity contribution in [2.45, 2.75) is 32.2 Å². The molecular weight excluding hydrogens is 180 g/mol. The van der Waals surface area contributed by atoms with Gasteiger partial charge in [0.15, 0.2) is 0 Å². The van der Waals surface area contributed by atoms with E-state index in [1.807, 2.05) is 10.8 Å². The second-order valence-electron chi connectivity index (χ2n) is 4.00. The number of hydrogen-bond acceptors (Lipinski definition) is 2. The molecule has 0 radical (unpaired) electrons. The van der Waals surface area contributed by atoms with Gasteiger partial charge in [-0.25, -0.2) is 4.98 Å². The molecule has 1 saturated carbocycles. The minimum atomic E-state index is -0.818. The molecule has 4 nitrogen and oxygen atoms in total. The van der Waals surface area contributed by atoms with Crippen LogP contribution in [0.25, 0.3) is 0 Å². The summed E-state index contributed by atoms with van der Waals surface area (Å²) < 4.78 is 1.99. The lowest BCUT2D eigenvalue weighted by Crippen LogP contribution is -2.07. The summed E-state index contributed by atoms with van der Waals surface area (Å²) in [5.74, 6) is -0.533. The third kappa shape index (κ3) is 1.95. The van der Waals surface area contributed by atoms with Crippen molar-refractivity contribution < 1.29 is 9.90 Å². The molecule has 1 fully saturated rings. The van der Waals surface area contributed by atoms with Gasteiger partial charge in [0.1, 0.15) is 0 Å². The molecule has 1 atom stereocenters. The molecule has 1 aromatic heterocycles. The summed E-state index contributed by atoms with van der Waals surface area (Å²) in [6.45, 7) is 2.64. The van der Waals surface area contributed by atoms with Crippen LogP contribution in [0.1, 0.15) is 31.4 Å². The van der Waals surface area contributed by atoms with Crippen molar-refractivity contribution >= 4 is 5.97 Å². The van der Waals surface area contributed by atoms with Crippen LogP contribution in [0.3, 0.4) is 0 Å². The molecule has 1 aliphatic carbocycles. The number of carboxylic acids is 1. The molecule has 0 amide bonds. The highest BCUT2D eigenvalue weighted by Crippen LogP contribution is 2.30. The van der Waals surface area contributed by atoms with Crippen molar-refractivity contribution in [3.8, 4) is 0 Å². The Morgan fingerprint density at radius 1 is 1.79 bits per heavy atom. The van der Waals surface area contributed by atoms with Gasteiger partial charge in [0, 0.05) is 12.7 Å². The number of aliphatic carboxylic acids is 1. The van der Waals surface area contributed by atoms with E-state index in [9.17, 15) is 4.79 Å². The average Bonchev–Trinajstić information content (AvgIpc) is 2.81. The fraction of sp³-hybridized carbons (Fsp3) is 0.600. The summed E-state index contributed by atoms with van der Waals surface area (Å²) in [6.07, 6.45) is 6.16. The molecule has 76 valence electrons. The molecule has 1 unspecified atom stereocenters. The summed E-state index contributed by atoms with van der Waals surface area (Å²) in [5, 5.41) is 8.79. The Bertz CT molecular complexity index is 342. The first-order valence-electron chi connectivity index (χ1n) is 4.91. The number of imidazole rings is 1. The highest BCUT2D eigenvalue weighted by Gasteiger charge is 2.22. The van der Waals surface area contributed by atoms with Crippen molar-refractivity contribution in [2.24, 2.45) is 5.92 Å². The van der Waals surface area contributed by atoms with Crippen molar-refractivity contribution in [3.05, 3.63) is 18.2 Å². The maximum Gasteiger partial charge on any atom is 0.312 e. The van der Waals surface area contributed by atoms with Crippen molar-refractivity contribution in [1.82, 2.24) is 9.55 Å². The summed E-state index contributed by atoms with van der Waals surface area (Å²) in [7, 11) is 0. The molecule has 1 aromatic rings. The van der Waals surface area contributed by atoms with Crippen LogP contribution in [0.4, 0.5) is 0 Å². The van der Waals surface area contributed by atoms with Gasteiger partial charge in [-0.2, -0.15) is 0 Å². The Kier molecular flexibility index (Phi) is 2.27. The Morgan fingerprint density at radius 3 is 3.07 bits per heavy atom. The van der Waals surface area contributed by atoms with Crippen molar-refractivity contribution in [2.75, 3.05) is 0 Å². The lowest BCUT2D eigenvalue weighted by molar-refractivity contribution is -0.138. The van der Waals surface area contributed by atoms with E-state index < -0.39 is 11.9 Å². The van der Waals surface area contributed by atoms with Gasteiger partial charge in [-0.1, -0.05) is 0 Å². The Balaban J connectivity index is 2.04. The molecular formula is C10H14N2O2. The number of aromatic nitrogens is 2. The second kappa shape index (κ2) is 3.44. The predicted molar refractivity (Wildman–Crippen MR) is 51.0 cm³/mol. The van der Waals surface area contributed by atoms with Gasteiger partial charge in [-0.15, -0.1) is 0 Å². The number of carbonyl (C=O) groups is 1. The lowest BCUT2D eigenvalue weighted by atomic mass is 10.1. The Morgan fingerprint density at radius 2 is 2.50 bits per heavy atom. The zero-order chi connectivity index (χ0) is 10.1. The Labute approximate surface area is 82.6 Å². The van der Waals surface area contributed by atoms with Crippen LogP contribution in [-0.2, 0) is 11.3 Å². The van der Waals surface area contributed by atoms with Gasteiger partial charge in [0.25, 0.3) is 0 Å². The Hall–Kier alpha value is -1.32. The number of nitrogens with zero attached hydrogens (tertiary/aromatic N) is 2. The van der Waals surface area contributed by atoms with Crippen molar-refractivity contribution in [3.63, 3.8) is 0 Å². The van der Waals surface area contributed by atoms with Crippen LogP contribution < -0.4 is 0 Å². The monoisotopic (exact) mass is 194 g/mol. The topological polar surface area (TPSA) is 55.1 Å². The second-order valence-corrected chi connectivity index (χ2v) is 4.00. The quantitative estimate of drug-likeness (QED) is 0.789. The van der Waals surface area contributed by atoms with Gasteiger partial charge < -0.3 is 9.67 Å². The first-order chi connectivity index (χ1) is 6.66. The largest absolute Gasteiger partial charge is 0.481 e. The third-order valence-corrected chi connectivity index (χ3v) is 2.63. The normalized spacial score (nSPS) is 18.1. The van der Waals surface area contributed by atoms with Crippen LogP contribution in [0.2, 0.25) is 0 Å². The summed E-state index contributed by atoms with van der Waals surface area (Å²) in [4.78, 5) is 14.8. The van der Waals surface area contributed by atoms with Crippen LogP contribution in [0.15, 0.2) is 12.5 Å². The number of hydrogen-bond donors (Lipinski definition) is 1. The van der Waals surface area contributed by atoms with Crippen molar-refractivity contribution in [1.29, 1.82) is 0 Å². The molecule has 14 heavy (non-hydrogen) atoms. The van der Waals surface area contributed by atoms with Gasteiger partial charge in [-0.05, 0) is 25.7 Å². The first kappa shape index (κ1) is 9.24. The zero-order valence-corrected chi connectivity index (χ0v) is 8.18. The average molecular weight is 194 g/mol. The minimum Gasteiger partial charge on any atom is -0.481 e. The summed E-state index contributed by atoms with van der Waals surface area (Å²) in [5.41, 5.74) is 0.651. The smallest absolute Gasteiger partial charge is 0.312 e. The molecule has 1 heterocycles. The molecule has 0 aliphatic heterocycles. The molecule has 0 saturated heterocycles. The van der Waals surface area contributed by atoms with E-state index >= 15 is 0 Å². The zero-order valence-electron chi connectivity index (χ0n) is 8.18. The minimum absolute atomic E-state index is 0.504. The molecule has 1 aliphatic rings. The van der Waals surface area contributed by atoms with Crippen LogP contribution in [0.5, 0.6) is 0 Å². The van der Waals surface area contributed by atoms with Gasteiger partial charge in [0.2, 0.25) is 0 Å². The van der Waals surface area contributed by atoms with Gasteiger partial charge in [-0.3, -0.25) is 4.79 Å². The first-order valence-corrected chi connectivity index (χ1v) is 4.91. The summed E-state index contributed by atoms with van der Waals surface area (Å²) in [6, 6.07) is 0. The van der Waals surface area contributed by atoms with Gasteiger partial charge >= 0.3 is 5.97 Å². The molecule has 2 rings (SSSR count). The molecule has 0 spiro atoms. The lowest BCUT2D eigenvalue weighted by Gasteiger charge is -2.00. The maximum absolute atomic E-state index is 10.7. The van der Waals surface area contributed by atoms with Crippen LogP contribution >= 0.6 is 0 Å². The fourth-order valence-corrected chi connectivity index (χ4v) is 1.43. The van der Waals surface area contributed by atoms with E-state index in [2.05, 4.69) is 4.98 Å². The SMILES string of the molecule is CC(C(=O)O)c1cn(CC2CC2)cn1. The predicted octanol–water partition coefficient (Wildman–Crippen LogP) is 1.48. The van der Waals surface area contributed by atoms with Gasteiger partial charge in [0.05, 0.1) is 17.9 Å². The standard InChI is InChI=1S/C10H14N2O2/c1-7(10(13)14)9-5-12(6-11-9)4-8-2-3-8/h5-8H,2-4H2,1H3,(H,13,14). The number of carboxylic acid groups (broad SMARTS) is 1. The van der Waals surface area contributed by atoms with E-state index in [-0.39, 0.29) is 0 Å². The van der Waals surface area contributed by atoms with E-state index in [0.717, 1.165) is 12.5 Å². The van der Waals surface area contributed by atoms with Crippen LogP contribution in [0, 0.1) is 5.92 Å². The molecule has 0 bridgehead atoms. The van der Waals surface area contributed by atoms with E-state index in [0.29, 0.717) is 5.69 Å². The van der Waals surface area contributed by atoms with Crippen LogP contribution in [-0.4, -0.2) is 20.6 Å². The highest BCUT2D eigenvalue weighted by molar-refractivity contribution is 5.74. The fourth-order valence-electron chi connectivity index (χ4n) is 1.43. The molecule has 4 heteroatoms. The van der Waals surface area contributed by atoms with E-state index in [4.69, 9.17) is 5.11 Å². The van der Waals surface area contributed by atoms with E-state index in [1.165, 1.54) is 12.8 Å². The summed E-state index contributed by atoms with van der Waals surface area (Å²) >= 11 is 0. The third-order valence-electron chi connectivity index (χ3n) is 2.63. The number of rotatable bonds is 4. The maximum atomic E-state index is 10.7. The molecule has 1 N–H and O–H groups in total. The highest BCUT2D eigenvalue weighted by atomic mass is 16.4. The molecule has 0 aromatic carbocycles.